The van der Waals surface area contributed by atoms with Gasteiger partial charge in [-0.05, 0) is 32.8 Å². The molecule has 3 nitrogen and oxygen atoms in total. The molecule has 0 heterocycles. The van der Waals surface area contributed by atoms with Gasteiger partial charge in [0.2, 0.25) is 0 Å². The number of rotatable bonds is 4. The molecule has 0 saturated carbocycles. The zero-order valence-electron chi connectivity index (χ0n) is 11.7. The van der Waals surface area contributed by atoms with Crippen LogP contribution in [0.25, 0.3) is 0 Å². The minimum Gasteiger partial charge on any atom is -0.444 e. The summed E-state index contributed by atoms with van der Waals surface area (Å²) in [5, 5.41) is 2.76. The van der Waals surface area contributed by atoms with Crippen molar-refractivity contribution in [1.29, 1.82) is 0 Å². The largest absolute Gasteiger partial charge is 0.444 e. The van der Waals surface area contributed by atoms with Crippen LogP contribution in [0, 0.1) is 0 Å². The molecule has 98 valence electrons. The highest BCUT2D eigenvalue weighted by molar-refractivity contribution is 6.08. The van der Waals surface area contributed by atoms with Crippen molar-refractivity contribution in [2.75, 3.05) is 6.54 Å². The molecule has 0 aromatic heterocycles. The van der Waals surface area contributed by atoms with E-state index in [4.69, 9.17) is 4.74 Å². The third-order valence-corrected chi connectivity index (χ3v) is 2.51. The average Bonchev–Trinajstić information content (AvgIpc) is 2.27. The molecule has 0 bridgehead atoms. The van der Waals surface area contributed by atoms with E-state index in [9.17, 15) is 4.79 Å². The van der Waals surface area contributed by atoms with Crippen LogP contribution in [-0.4, -0.2) is 26.1 Å². The molecule has 1 aromatic carbocycles. The first-order valence-corrected chi connectivity index (χ1v) is 6.45. The summed E-state index contributed by atoms with van der Waals surface area (Å²) in [5.41, 5.74) is 2.12. The first-order chi connectivity index (χ1) is 8.40. The number of nitrogens with one attached hydrogen (secondary N) is 1. The Kier molecular flexibility index (Phi) is 5.26. The lowest BCUT2D eigenvalue weighted by Crippen LogP contribution is -2.33. The molecule has 0 unspecified atom stereocenters. The summed E-state index contributed by atoms with van der Waals surface area (Å²) >= 11 is 0. The van der Waals surface area contributed by atoms with Gasteiger partial charge in [0.1, 0.15) is 13.4 Å². The van der Waals surface area contributed by atoms with Gasteiger partial charge in [0, 0.05) is 6.54 Å². The van der Waals surface area contributed by atoms with E-state index in [1.54, 1.807) is 0 Å². The van der Waals surface area contributed by atoms with Crippen LogP contribution >= 0.6 is 0 Å². The molecule has 1 N–H and O–H groups in total. The number of hydrogen-bond donors (Lipinski definition) is 1. The third-order valence-electron chi connectivity index (χ3n) is 2.51. The fourth-order valence-corrected chi connectivity index (χ4v) is 1.56. The Hall–Kier alpha value is -1.45. The maximum atomic E-state index is 11.4. The van der Waals surface area contributed by atoms with Crippen molar-refractivity contribution in [3.8, 4) is 0 Å². The second-order valence-corrected chi connectivity index (χ2v) is 5.35. The number of alkyl carbamates (subject to hydrolysis) is 1. The molecule has 18 heavy (non-hydrogen) atoms. The monoisotopic (exact) mass is 247 g/mol. The summed E-state index contributed by atoms with van der Waals surface area (Å²) in [6, 6.07) is 8.47. The number of carbonyl (C=O) groups excluding carboxylic acids is 1. The molecule has 4 heteroatoms. The van der Waals surface area contributed by atoms with Gasteiger partial charge in [-0.2, -0.15) is 0 Å². The summed E-state index contributed by atoms with van der Waals surface area (Å²) in [6.07, 6.45) is 1.52. The highest BCUT2D eigenvalue weighted by atomic mass is 16.6. The van der Waals surface area contributed by atoms with Crippen LogP contribution < -0.4 is 5.32 Å². The summed E-state index contributed by atoms with van der Waals surface area (Å²) in [6.45, 7) is 6.17. The van der Waals surface area contributed by atoms with E-state index >= 15 is 0 Å². The van der Waals surface area contributed by atoms with E-state index in [2.05, 4.69) is 37.4 Å². The highest BCUT2D eigenvalue weighted by Gasteiger charge is 2.15. The number of ether oxygens (including phenoxy) is 1. The first kappa shape index (κ1) is 14.6. The van der Waals surface area contributed by atoms with E-state index in [1.807, 2.05) is 20.8 Å². The number of carbonyl (C=O) groups is 1. The Morgan fingerprint density at radius 2 is 1.78 bits per heavy atom. The van der Waals surface area contributed by atoms with Gasteiger partial charge in [-0.3, -0.25) is 0 Å². The van der Waals surface area contributed by atoms with Crippen molar-refractivity contribution in [2.24, 2.45) is 0 Å². The van der Waals surface area contributed by atoms with Crippen LogP contribution in [0.4, 0.5) is 4.79 Å². The van der Waals surface area contributed by atoms with Crippen LogP contribution in [-0.2, 0) is 17.5 Å². The predicted molar refractivity (Wildman–Crippen MR) is 76.6 cm³/mol. The number of hydrogen-bond acceptors (Lipinski definition) is 2. The number of amides is 1. The van der Waals surface area contributed by atoms with Crippen molar-refractivity contribution < 1.29 is 9.53 Å². The minimum atomic E-state index is -0.438. The van der Waals surface area contributed by atoms with Crippen molar-refractivity contribution >= 4 is 13.9 Å². The molecule has 0 aliphatic heterocycles. The smallest absolute Gasteiger partial charge is 0.407 e. The Bertz CT molecular complexity index is 382. The van der Waals surface area contributed by atoms with E-state index in [1.165, 1.54) is 11.1 Å². The van der Waals surface area contributed by atoms with Crippen molar-refractivity contribution in [1.82, 2.24) is 5.32 Å². The quantitative estimate of drug-likeness (QED) is 0.825. The molecule has 1 amide bonds. The van der Waals surface area contributed by atoms with Crippen LogP contribution in [0.3, 0.4) is 0 Å². The SMILES string of the molecule is BCc1ccc(CCNC(=O)OC(C)(C)C)cc1. The van der Waals surface area contributed by atoms with Gasteiger partial charge < -0.3 is 10.1 Å². The Morgan fingerprint density at radius 1 is 1.22 bits per heavy atom. The van der Waals surface area contributed by atoms with Crippen molar-refractivity contribution in [3.63, 3.8) is 0 Å². The molecule has 1 rings (SSSR count). The predicted octanol–water partition coefficient (Wildman–Crippen LogP) is 1.89. The lowest BCUT2D eigenvalue weighted by molar-refractivity contribution is 0.0528. The molecule has 0 saturated heterocycles. The number of benzene rings is 1. The van der Waals surface area contributed by atoms with Crippen LogP contribution in [0.1, 0.15) is 31.9 Å². The van der Waals surface area contributed by atoms with Crippen molar-refractivity contribution in [3.05, 3.63) is 35.4 Å². The average molecular weight is 247 g/mol. The Morgan fingerprint density at radius 3 is 2.28 bits per heavy atom. The molecule has 1 aromatic rings. The zero-order chi connectivity index (χ0) is 13.6. The highest BCUT2D eigenvalue weighted by Crippen LogP contribution is 2.07. The molecular weight excluding hydrogens is 225 g/mol. The lowest BCUT2D eigenvalue weighted by Gasteiger charge is -2.19. The summed E-state index contributed by atoms with van der Waals surface area (Å²) in [7, 11) is 2.14. The van der Waals surface area contributed by atoms with Crippen LogP contribution in [0.5, 0.6) is 0 Å². The summed E-state index contributed by atoms with van der Waals surface area (Å²) in [4.78, 5) is 11.4. The van der Waals surface area contributed by atoms with E-state index < -0.39 is 5.60 Å². The summed E-state index contributed by atoms with van der Waals surface area (Å²) in [5.74, 6) is 0. The molecule has 0 fully saturated rings. The van der Waals surface area contributed by atoms with Gasteiger partial charge in [-0.25, -0.2) is 4.79 Å². The Balaban J connectivity index is 2.30. The van der Waals surface area contributed by atoms with E-state index in [0.29, 0.717) is 6.54 Å². The van der Waals surface area contributed by atoms with Gasteiger partial charge in [0.25, 0.3) is 0 Å². The third kappa shape index (κ3) is 5.76. The maximum Gasteiger partial charge on any atom is 0.407 e. The van der Waals surface area contributed by atoms with Gasteiger partial charge >= 0.3 is 6.09 Å². The summed E-state index contributed by atoms with van der Waals surface area (Å²) < 4.78 is 5.16. The van der Waals surface area contributed by atoms with Gasteiger partial charge in [-0.1, -0.05) is 36.1 Å². The molecule has 0 aliphatic rings. The Labute approximate surface area is 110 Å². The standard InChI is InChI=1S/C14H22BNO2/c1-14(2,3)18-13(17)16-9-8-11-4-6-12(10-15)7-5-11/h4-7H,8-10,15H2,1-3H3,(H,16,17). The minimum absolute atomic E-state index is 0.354. The molecule has 0 spiro atoms. The fourth-order valence-electron chi connectivity index (χ4n) is 1.56. The molecule has 0 atom stereocenters. The molecular formula is C14H22BNO2. The normalized spacial score (nSPS) is 11.1. The van der Waals surface area contributed by atoms with Crippen LogP contribution in [0.15, 0.2) is 24.3 Å². The zero-order valence-corrected chi connectivity index (χ0v) is 11.7. The maximum absolute atomic E-state index is 11.4. The molecule has 0 radical (unpaired) electrons. The first-order valence-electron chi connectivity index (χ1n) is 6.45. The van der Waals surface area contributed by atoms with Crippen molar-refractivity contribution in [2.45, 2.75) is 39.1 Å². The topological polar surface area (TPSA) is 38.3 Å². The van der Waals surface area contributed by atoms with E-state index in [-0.39, 0.29) is 6.09 Å². The van der Waals surface area contributed by atoms with Gasteiger partial charge in [0.05, 0.1) is 0 Å². The van der Waals surface area contributed by atoms with Crippen LogP contribution in [0.2, 0.25) is 0 Å². The van der Waals surface area contributed by atoms with E-state index in [0.717, 1.165) is 12.7 Å². The second-order valence-electron chi connectivity index (χ2n) is 5.35. The van der Waals surface area contributed by atoms with Gasteiger partial charge in [0.15, 0.2) is 0 Å². The molecule has 0 aliphatic carbocycles. The fraction of sp³-hybridized carbons (Fsp3) is 0.500. The lowest BCUT2D eigenvalue weighted by atomic mass is 9.96. The second kappa shape index (κ2) is 6.48. The van der Waals surface area contributed by atoms with Gasteiger partial charge in [-0.15, -0.1) is 0 Å².